The molecular formula is C9H12N6. The Morgan fingerprint density at radius 1 is 1.47 bits per heavy atom. The molecule has 2 rings (SSSR count). The van der Waals surface area contributed by atoms with Gasteiger partial charge in [-0.05, 0) is 13.0 Å². The molecule has 2 aromatic rings. The van der Waals surface area contributed by atoms with Gasteiger partial charge in [0, 0.05) is 19.4 Å². The molecule has 2 aromatic heterocycles. The molecule has 78 valence electrons. The highest BCUT2D eigenvalue weighted by molar-refractivity contribution is 5.55. The topological polar surface area (TPSA) is 81.7 Å². The number of aromatic nitrogens is 4. The van der Waals surface area contributed by atoms with Crippen LogP contribution in [-0.4, -0.2) is 19.7 Å². The Kier molecular flexibility index (Phi) is 2.24. The molecule has 0 aliphatic carbocycles. The number of hydrogen-bond acceptors (Lipinski definition) is 5. The quantitative estimate of drug-likeness (QED) is 0.757. The minimum atomic E-state index is 0.439. The number of hydrogen-bond donors (Lipinski definition) is 2. The van der Waals surface area contributed by atoms with Crippen LogP contribution in [0.1, 0.15) is 5.69 Å². The summed E-state index contributed by atoms with van der Waals surface area (Å²) in [4.78, 5) is 8.08. The number of nitrogens with two attached hydrogens (primary N) is 1. The fourth-order valence-electron chi connectivity index (χ4n) is 1.28. The van der Waals surface area contributed by atoms with E-state index in [-0.39, 0.29) is 0 Å². The van der Waals surface area contributed by atoms with Crippen LogP contribution in [0.15, 0.2) is 18.5 Å². The summed E-state index contributed by atoms with van der Waals surface area (Å²) >= 11 is 0. The van der Waals surface area contributed by atoms with Crippen molar-refractivity contribution < 1.29 is 0 Å². The van der Waals surface area contributed by atoms with Crippen LogP contribution in [0.25, 0.3) is 0 Å². The molecule has 6 nitrogen and oxygen atoms in total. The molecule has 0 aliphatic heterocycles. The molecule has 0 unspecified atom stereocenters. The molecule has 15 heavy (non-hydrogen) atoms. The second kappa shape index (κ2) is 3.56. The average molecular weight is 204 g/mol. The average Bonchev–Trinajstić information content (AvgIpc) is 2.45. The first-order valence-electron chi connectivity index (χ1n) is 4.51. The number of nitrogens with zero attached hydrogens (tertiary/aromatic N) is 4. The predicted molar refractivity (Wildman–Crippen MR) is 57.7 cm³/mol. The van der Waals surface area contributed by atoms with E-state index >= 15 is 0 Å². The van der Waals surface area contributed by atoms with Gasteiger partial charge in [0.05, 0.1) is 11.4 Å². The van der Waals surface area contributed by atoms with E-state index in [1.807, 2.05) is 20.2 Å². The summed E-state index contributed by atoms with van der Waals surface area (Å²) in [5.41, 5.74) is 7.31. The van der Waals surface area contributed by atoms with Gasteiger partial charge in [-0.15, -0.1) is 0 Å². The molecule has 0 spiro atoms. The molecule has 0 aromatic carbocycles. The lowest BCUT2D eigenvalue weighted by Gasteiger charge is -2.02. The molecule has 6 heteroatoms. The molecule has 0 bridgehead atoms. The Morgan fingerprint density at radius 2 is 2.27 bits per heavy atom. The van der Waals surface area contributed by atoms with Gasteiger partial charge in [-0.1, -0.05) is 0 Å². The lowest BCUT2D eigenvalue weighted by atomic mass is 10.4. The Morgan fingerprint density at radius 3 is 2.87 bits per heavy atom. The Labute approximate surface area is 87.2 Å². The van der Waals surface area contributed by atoms with Gasteiger partial charge in [0.2, 0.25) is 5.95 Å². The van der Waals surface area contributed by atoms with Crippen LogP contribution in [0.5, 0.6) is 0 Å². The van der Waals surface area contributed by atoms with E-state index in [0.717, 1.165) is 11.4 Å². The standard InChI is InChI=1S/C9H12N6/c1-6-7(5-15(2)14-6)12-9-11-4-3-8(10)13-9/h3-5H,1-2H3,(H3,10,11,12,13). The zero-order valence-corrected chi connectivity index (χ0v) is 8.60. The summed E-state index contributed by atoms with van der Waals surface area (Å²) < 4.78 is 1.73. The van der Waals surface area contributed by atoms with Crippen molar-refractivity contribution in [2.75, 3.05) is 11.1 Å². The summed E-state index contributed by atoms with van der Waals surface area (Å²) in [6.07, 6.45) is 3.47. The van der Waals surface area contributed by atoms with Crippen molar-refractivity contribution in [2.45, 2.75) is 6.92 Å². The fraction of sp³-hybridized carbons (Fsp3) is 0.222. The highest BCUT2D eigenvalue weighted by Crippen LogP contribution is 2.16. The van der Waals surface area contributed by atoms with Crippen LogP contribution < -0.4 is 11.1 Å². The molecule has 0 radical (unpaired) electrons. The summed E-state index contributed by atoms with van der Waals surface area (Å²) in [7, 11) is 1.86. The summed E-state index contributed by atoms with van der Waals surface area (Å²) in [6.45, 7) is 1.91. The van der Waals surface area contributed by atoms with Gasteiger partial charge in [0.15, 0.2) is 0 Å². The number of aryl methyl sites for hydroxylation is 2. The largest absolute Gasteiger partial charge is 0.384 e. The third kappa shape index (κ3) is 2.04. The van der Waals surface area contributed by atoms with Crippen LogP contribution in [0.4, 0.5) is 17.5 Å². The van der Waals surface area contributed by atoms with Crippen molar-refractivity contribution in [1.82, 2.24) is 19.7 Å². The monoisotopic (exact) mass is 204 g/mol. The summed E-state index contributed by atoms with van der Waals surface area (Å²) in [6, 6.07) is 1.64. The van der Waals surface area contributed by atoms with Gasteiger partial charge < -0.3 is 11.1 Å². The van der Waals surface area contributed by atoms with Gasteiger partial charge in [-0.3, -0.25) is 4.68 Å². The Hall–Kier alpha value is -2.11. The first kappa shape index (κ1) is 9.45. The third-order valence-electron chi connectivity index (χ3n) is 1.94. The molecule has 0 aliphatic rings. The number of rotatable bonds is 2. The second-order valence-corrected chi connectivity index (χ2v) is 3.23. The smallest absolute Gasteiger partial charge is 0.229 e. The zero-order valence-electron chi connectivity index (χ0n) is 8.60. The summed E-state index contributed by atoms with van der Waals surface area (Å²) in [5.74, 6) is 0.917. The van der Waals surface area contributed by atoms with E-state index in [9.17, 15) is 0 Å². The van der Waals surface area contributed by atoms with Crippen LogP contribution in [0.2, 0.25) is 0 Å². The van der Waals surface area contributed by atoms with E-state index < -0.39 is 0 Å². The van der Waals surface area contributed by atoms with E-state index in [2.05, 4.69) is 20.4 Å². The molecular weight excluding hydrogens is 192 g/mol. The first-order valence-corrected chi connectivity index (χ1v) is 4.51. The number of nitrogen functional groups attached to an aromatic ring is 1. The highest BCUT2D eigenvalue weighted by Gasteiger charge is 2.04. The fourth-order valence-corrected chi connectivity index (χ4v) is 1.28. The van der Waals surface area contributed by atoms with Gasteiger partial charge in [-0.2, -0.15) is 10.1 Å². The Balaban J connectivity index is 2.25. The molecule has 0 fully saturated rings. The maximum atomic E-state index is 5.54. The molecule has 2 heterocycles. The van der Waals surface area contributed by atoms with Gasteiger partial charge >= 0.3 is 0 Å². The normalized spacial score (nSPS) is 10.3. The number of nitrogens with one attached hydrogen (secondary N) is 1. The molecule has 0 saturated carbocycles. The second-order valence-electron chi connectivity index (χ2n) is 3.23. The van der Waals surface area contributed by atoms with Gasteiger partial charge in [0.25, 0.3) is 0 Å². The van der Waals surface area contributed by atoms with Crippen LogP contribution in [-0.2, 0) is 7.05 Å². The lowest BCUT2D eigenvalue weighted by Crippen LogP contribution is -1.99. The lowest BCUT2D eigenvalue weighted by molar-refractivity contribution is 0.756. The SMILES string of the molecule is Cc1nn(C)cc1Nc1nccc(N)n1. The first-order chi connectivity index (χ1) is 7.15. The summed E-state index contributed by atoms with van der Waals surface area (Å²) in [5, 5.41) is 7.25. The van der Waals surface area contributed by atoms with Gasteiger partial charge in [-0.25, -0.2) is 4.98 Å². The predicted octanol–water partition coefficient (Wildman–Crippen LogP) is 0.844. The van der Waals surface area contributed by atoms with E-state index in [1.165, 1.54) is 0 Å². The maximum absolute atomic E-state index is 5.54. The molecule has 3 N–H and O–H groups in total. The van der Waals surface area contributed by atoms with Crippen molar-refractivity contribution in [3.05, 3.63) is 24.2 Å². The van der Waals surface area contributed by atoms with Crippen molar-refractivity contribution in [1.29, 1.82) is 0 Å². The molecule has 0 atom stereocenters. The van der Waals surface area contributed by atoms with Crippen LogP contribution >= 0.6 is 0 Å². The highest BCUT2D eigenvalue weighted by atomic mass is 15.3. The number of anilines is 3. The van der Waals surface area contributed by atoms with E-state index in [4.69, 9.17) is 5.73 Å². The van der Waals surface area contributed by atoms with Crippen LogP contribution in [0, 0.1) is 6.92 Å². The van der Waals surface area contributed by atoms with Crippen LogP contribution in [0.3, 0.4) is 0 Å². The van der Waals surface area contributed by atoms with Crippen molar-refractivity contribution in [2.24, 2.45) is 7.05 Å². The van der Waals surface area contributed by atoms with Gasteiger partial charge in [0.1, 0.15) is 5.82 Å². The van der Waals surface area contributed by atoms with E-state index in [0.29, 0.717) is 11.8 Å². The van der Waals surface area contributed by atoms with E-state index in [1.54, 1.807) is 16.9 Å². The van der Waals surface area contributed by atoms with Crippen molar-refractivity contribution >= 4 is 17.5 Å². The Bertz CT molecular complexity index is 475. The maximum Gasteiger partial charge on any atom is 0.229 e. The van der Waals surface area contributed by atoms with Crippen molar-refractivity contribution in [3.8, 4) is 0 Å². The minimum absolute atomic E-state index is 0.439. The minimum Gasteiger partial charge on any atom is -0.384 e. The van der Waals surface area contributed by atoms with Crippen molar-refractivity contribution in [3.63, 3.8) is 0 Å². The molecule has 0 saturated heterocycles. The molecule has 0 amide bonds. The third-order valence-corrected chi connectivity index (χ3v) is 1.94. The zero-order chi connectivity index (χ0) is 10.8.